The molecule has 2 bridgehead atoms. The lowest BCUT2D eigenvalue weighted by Gasteiger charge is -2.46. The van der Waals surface area contributed by atoms with Gasteiger partial charge in [-0.2, -0.15) is 0 Å². The molecule has 27 heavy (non-hydrogen) atoms. The van der Waals surface area contributed by atoms with E-state index in [4.69, 9.17) is 14.2 Å². The van der Waals surface area contributed by atoms with Gasteiger partial charge in [0, 0.05) is 18.8 Å². The second kappa shape index (κ2) is 6.85. The maximum Gasteiger partial charge on any atom is 0.302 e. The van der Waals surface area contributed by atoms with Gasteiger partial charge in [-0.25, -0.2) is 0 Å². The highest BCUT2D eigenvalue weighted by molar-refractivity contribution is 5.66. The van der Waals surface area contributed by atoms with E-state index in [0.29, 0.717) is 30.1 Å². The molecule has 0 spiro atoms. The number of esters is 1. The Morgan fingerprint density at radius 1 is 1.30 bits per heavy atom. The molecule has 2 saturated heterocycles. The average molecular weight is 379 g/mol. The normalized spacial score (nSPS) is 54.0. The zero-order chi connectivity index (χ0) is 19.5. The van der Waals surface area contributed by atoms with E-state index in [2.05, 4.69) is 26.8 Å². The zero-order valence-corrected chi connectivity index (χ0v) is 17.2. The predicted octanol–water partition coefficient (Wildman–Crippen LogP) is 3.10. The number of ether oxygens (including phenoxy) is 3. The van der Waals surface area contributed by atoms with Gasteiger partial charge in [-0.15, -0.1) is 0 Å². The minimum absolute atomic E-state index is 0.0256. The molecule has 10 atom stereocenters. The maximum atomic E-state index is 11.9. The summed E-state index contributed by atoms with van der Waals surface area (Å²) in [6.07, 6.45) is 3.80. The average Bonchev–Trinajstić information content (AvgIpc) is 2.95. The van der Waals surface area contributed by atoms with Gasteiger partial charge >= 0.3 is 5.97 Å². The summed E-state index contributed by atoms with van der Waals surface area (Å²) in [5.41, 5.74) is 0.536. The molecule has 4 aliphatic rings. The number of aliphatic hydroxyl groups is 1. The second-order valence-electron chi connectivity index (χ2n) is 9.69. The zero-order valence-electron chi connectivity index (χ0n) is 17.2. The number of carbonyl (C=O) groups is 1. The van der Waals surface area contributed by atoms with E-state index in [1.807, 2.05) is 6.92 Å². The standard InChI is InChI=1S/C22H34O5/c1-11-9-17-19-18-15(8-12(2)20(19)26-14(4)23)13(3)10-25-22(5,21(18)27-17)7-6-16(11)24/h9,12-13,15-21,24H,6-8,10H2,1-5H3/b11-9-/t12-,13+,15-,16-,17+,18+,19+,20-,21+,22+/m1/s1. The molecular formula is C22H34O5. The van der Waals surface area contributed by atoms with Crippen molar-refractivity contribution in [3.63, 3.8) is 0 Å². The van der Waals surface area contributed by atoms with E-state index in [-0.39, 0.29) is 30.2 Å². The third kappa shape index (κ3) is 3.16. The molecular weight excluding hydrogens is 344 g/mol. The number of fused-ring (bicyclic) bond motifs is 2. The van der Waals surface area contributed by atoms with Crippen molar-refractivity contribution in [3.8, 4) is 0 Å². The van der Waals surface area contributed by atoms with Crippen LogP contribution in [0.4, 0.5) is 0 Å². The Bertz CT molecular complexity index is 630. The van der Waals surface area contributed by atoms with Crippen LogP contribution in [0.5, 0.6) is 0 Å². The second-order valence-corrected chi connectivity index (χ2v) is 9.69. The summed E-state index contributed by atoms with van der Waals surface area (Å²) in [7, 11) is 0. The monoisotopic (exact) mass is 378 g/mol. The quantitative estimate of drug-likeness (QED) is 0.561. The Balaban J connectivity index is 1.82. The summed E-state index contributed by atoms with van der Waals surface area (Å²) in [6.45, 7) is 10.8. The Kier molecular flexibility index (Phi) is 4.93. The first-order valence-electron chi connectivity index (χ1n) is 10.5. The van der Waals surface area contributed by atoms with Gasteiger partial charge < -0.3 is 19.3 Å². The Morgan fingerprint density at radius 2 is 2.04 bits per heavy atom. The van der Waals surface area contributed by atoms with Crippen LogP contribution >= 0.6 is 0 Å². The molecule has 4 rings (SSSR count). The Labute approximate surface area is 162 Å². The van der Waals surface area contributed by atoms with Gasteiger partial charge in [0.05, 0.1) is 30.5 Å². The summed E-state index contributed by atoms with van der Waals surface area (Å²) in [4.78, 5) is 11.9. The Morgan fingerprint density at radius 3 is 2.74 bits per heavy atom. The molecule has 3 heterocycles. The van der Waals surface area contributed by atoms with Gasteiger partial charge in [0.25, 0.3) is 0 Å². The van der Waals surface area contributed by atoms with E-state index >= 15 is 0 Å². The summed E-state index contributed by atoms with van der Waals surface area (Å²) in [5, 5.41) is 10.6. The Hall–Kier alpha value is -0.910. The van der Waals surface area contributed by atoms with Crippen molar-refractivity contribution in [2.45, 2.75) is 83.9 Å². The van der Waals surface area contributed by atoms with Crippen molar-refractivity contribution >= 4 is 5.97 Å². The van der Waals surface area contributed by atoms with Crippen molar-refractivity contribution in [3.05, 3.63) is 11.6 Å². The van der Waals surface area contributed by atoms with Crippen LogP contribution in [0, 0.1) is 29.6 Å². The molecule has 0 aromatic carbocycles. The topological polar surface area (TPSA) is 65.0 Å². The molecule has 152 valence electrons. The molecule has 5 heteroatoms. The molecule has 3 aliphatic heterocycles. The van der Waals surface area contributed by atoms with Gasteiger partial charge in [-0.3, -0.25) is 4.79 Å². The van der Waals surface area contributed by atoms with Gasteiger partial charge in [0.2, 0.25) is 0 Å². The molecule has 3 fully saturated rings. The highest BCUT2D eigenvalue weighted by atomic mass is 16.6. The first-order valence-corrected chi connectivity index (χ1v) is 10.5. The highest BCUT2D eigenvalue weighted by Crippen LogP contribution is 2.57. The van der Waals surface area contributed by atoms with Crippen molar-refractivity contribution in [2.75, 3.05) is 6.61 Å². The molecule has 1 N–H and O–H groups in total. The van der Waals surface area contributed by atoms with E-state index in [0.717, 1.165) is 25.0 Å². The number of carbonyl (C=O) groups excluding carboxylic acids is 1. The maximum absolute atomic E-state index is 11.9. The fourth-order valence-corrected chi connectivity index (χ4v) is 6.25. The molecule has 0 radical (unpaired) electrons. The van der Waals surface area contributed by atoms with Crippen LogP contribution in [0.1, 0.15) is 53.9 Å². The van der Waals surface area contributed by atoms with Crippen molar-refractivity contribution in [1.82, 2.24) is 0 Å². The van der Waals surface area contributed by atoms with Crippen molar-refractivity contribution < 1.29 is 24.1 Å². The lowest BCUT2D eigenvalue weighted by atomic mass is 9.59. The summed E-state index contributed by atoms with van der Waals surface area (Å²) in [5.74, 6) is 1.46. The number of hydrogen-bond donors (Lipinski definition) is 1. The first kappa shape index (κ1) is 19.4. The number of aliphatic hydroxyl groups excluding tert-OH is 1. The number of rotatable bonds is 1. The molecule has 0 unspecified atom stereocenters. The third-order valence-corrected chi connectivity index (χ3v) is 7.73. The SMILES string of the molecule is CC(=O)O[C@H]1[C@@H]2[C@@H]3[C@H](C[C@H]1C)[C@@H](C)CO[C@@]1(C)CC[C@@H](O)/C(C)=C\[C@@H]2O[C@@H]31. The van der Waals surface area contributed by atoms with Crippen LogP contribution in [0.3, 0.4) is 0 Å². The number of hydrogen-bond acceptors (Lipinski definition) is 5. The van der Waals surface area contributed by atoms with Gasteiger partial charge in [0.15, 0.2) is 0 Å². The van der Waals surface area contributed by atoms with E-state index in [9.17, 15) is 9.90 Å². The van der Waals surface area contributed by atoms with Crippen LogP contribution < -0.4 is 0 Å². The van der Waals surface area contributed by atoms with E-state index < -0.39 is 11.7 Å². The largest absolute Gasteiger partial charge is 0.462 e. The summed E-state index contributed by atoms with van der Waals surface area (Å²) < 4.78 is 19.0. The first-order chi connectivity index (χ1) is 12.7. The summed E-state index contributed by atoms with van der Waals surface area (Å²) in [6, 6.07) is 0. The molecule has 5 nitrogen and oxygen atoms in total. The van der Waals surface area contributed by atoms with E-state index in [1.165, 1.54) is 6.92 Å². The van der Waals surface area contributed by atoms with Crippen molar-refractivity contribution in [1.29, 1.82) is 0 Å². The molecule has 0 aromatic rings. The molecule has 0 aromatic heterocycles. The third-order valence-electron chi connectivity index (χ3n) is 7.73. The van der Waals surface area contributed by atoms with Crippen LogP contribution in [-0.2, 0) is 19.0 Å². The fourth-order valence-electron chi connectivity index (χ4n) is 6.25. The fraction of sp³-hybridized carbons (Fsp3) is 0.864. The van der Waals surface area contributed by atoms with Gasteiger partial charge in [0.1, 0.15) is 6.10 Å². The van der Waals surface area contributed by atoms with Crippen LogP contribution in [0.25, 0.3) is 0 Å². The van der Waals surface area contributed by atoms with Gasteiger partial charge in [-0.05, 0) is 56.4 Å². The lowest BCUT2D eigenvalue weighted by Crippen LogP contribution is -2.52. The predicted molar refractivity (Wildman–Crippen MR) is 101 cm³/mol. The van der Waals surface area contributed by atoms with Crippen LogP contribution in [0.2, 0.25) is 0 Å². The summed E-state index contributed by atoms with van der Waals surface area (Å²) >= 11 is 0. The smallest absolute Gasteiger partial charge is 0.302 e. The van der Waals surface area contributed by atoms with E-state index in [1.54, 1.807) is 0 Å². The highest BCUT2D eigenvalue weighted by Gasteiger charge is 2.62. The molecule has 0 amide bonds. The van der Waals surface area contributed by atoms with Crippen LogP contribution in [0.15, 0.2) is 11.6 Å². The minimum Gasteiger partial charge on any atom is -0.462 e. The molecule has 1 aliphatic carbocycles. The van der Waals surface area contributed by atoms with Crippen LogP contribution in [-0.4, -0.2) is 47.7 Å². The molecule has 1 saturated carbocycles. The minimum atomic E-state index is -0.475. The van der Waals surface area contributed by atoms with Crippen molar-refractivity contribution in [2.24, 2.45) is 29.6 Å². The lowest BCUT2D eigenvalue weighted by molar-refractivity contribution is -0.159. The van der Waals surface area contributed by atoms with Gasteiger partial charge in [-0.1, -0.05) is 19.9 Å².